The predicted octanol–water partition coefficient (Wildman–Crippen LogP) is 1.68. The molecule has 11 nitrogen and oxygen atoms in total. The van der Waals surface area contributed by atoms with Gasteiger partial charge in [-0.2, -0.15) is 5.48 Å². The summed E-state index contributed by atoms with van der Waals surface area (Å²) in [4.78, 5) is 58.2. The Balaban J connectivity index is 1.78. The van der Waals surface area contributed by atoms with Crippen molar-refractivity contribution in [2.75, 3.05) is 52.2 Å². The maximum absolute atomic E-state index is 12.6. The topological polar surface area (TPSA) is 140 Å². The van der Waals surface area contributed by atoms with Gasteiger partial charge in [0.05, 0.1) is 36.4 Å². The molecule has 11 heteroatoms. The van der Waals surface area contributed by atoms with E-state index in [1.54, 1.807) is 38.1 Å². The van der Waals surface area contributed by atoms with Crippen molar-refractivity contribution in [3.05, 3.63) is 41.0 Å². The van der Waals surface area contributed by atoms with Crippen molar-refractivity contribution < 1.29 is 33.5 Å². The first-order valence-electron chi connectivity index (χ1n) is 11.4. The highest BCUT2D eigenvalue weighted by molar-refractivity contribution is 6.15. The number of carbonyl (C=O) groups is 4. The van der Waals surface area contributed by atoms with Crippen molar-refractivity contribution in [1.29, 1.82) is 0 Å². The van der Waals surface area contributed by atoms with Crippen LogP contribution in [0, 0.1) is 0 Å². The van der Waals surface area contributed by atoms with E-state index in [1.807, 2.05) is 7.05 Å². The third-order valence-corrected chi connectivity index (χ3v) is 5.63. The second-order valence-corrected chi connectivity index (χ2v) is 8.03. The molecular formula is C24H30N4O7. The van der Waals surface area contributed by atoms with E-state index in [2.05, 4.69) is 10.4 Å². The zero-order chi connectivity index (χ0) is 25.5. The molecule has 0 atom stereocenters. The normalized spacial score (nSPS) is 13.9. The van der Waals surface area contributed by atoms with Gasteiger partial charge in [0, 0.05) is 26.2 Å². The van der Waals surface area contributed by atoms with Gasteiger partial charge in [0.1, 0.15) is 0 Å². The maximum Gasteiger partial charge on any atom is 0.434 e. The number of ether oxygens (including phenoxy) is 2. The van der Waals surface area contributed by atoms with Crippen LogP contribution in [0.25, 0.3) is 11.1 Å². The molecule has 3 N–H and O–H groups in total. The van der Waals surface area contributed by atoms with Crippen LogP contribution in [0.1, 0.15) is 40.1 Å². The maximum atomic E-state index is 12.6. The smallest absolute Gasteiger partial charge is 0.434 e. The molecule has 0 bridgehead atoms. The fourth-order valence-corrected chi connectivity index (χ4v) is 3.81. The fraction of sp³-hybridized carbons (Fsp3) is 0.417. The van der Waals surface area contributed by atoms with E-state index in [1.165, 1.54) is 4.90 Å². The molecule has 0 aromatic rings. The summed E-state index contributed by atoms with van der Waals surface area (Å²) in [6, 6.07) is 6.45. The van der Waals surface area contributed by atoms with Crippen molar-refractivity contribution in [3.63, 3.8) is 0 Å². The third kappa shape index (κ3) is 5.99. The van der Waals surface area contributed by atoms with Crippen molar-refractivity contribution in [2.24, 2.45) is 0 Å². The fourth-order valence-electron chi connectivity index (χ4n) is 3.81. The van der Waals surface area contributed by atoms with Crippen LogP contribution < -0.4 is 11.2 Å². The minimum absolute atomic E-state index is 0.0155. The van der Waals surface area contributed by atoms with Crippen molar-refractivity contribution in [3.8, 4) is 11.1 Å². The van der Waals surface area contributed by atoms with Gasteiger partial charge in [0.15, 0.2) is 0 Å². The summed E-state index contributed by atoms with van der Waals surface area (Å²) in [5, 5.41) is 0. The van der Waals surface area contributed by atoms with E-state index >= 15 is 0 Å². The Kier molecular flexibility index (Phi) is 8.48. The molecular weight excluding hydrogens is 456 g/mol. The number of hydrogen-bond acceptors (Lipinski definition) is 9. The number of nitrogens with one attached hydrogen (secondary N) is 1. The van der Waals surface area contributed by atoms with Crippen LogP contribution in [-0.4, -0.2) is 80.2 Å². The van der Waals surface area contributed by atoms with Crippen LogP contribution in [0.2, 0.25) is 0 Å². The van der Waals surface area contributed by atoms with Crippen molar-refractivity contribution in [2.45, 2.75) is 20.3 Å². The first-order chi connectivity index (χ1) is 16.8. The van der Waals surface area contributed by atoms with Gasteiger partial charge < -0.3 is 29.8 Å². The summed E-state index contributed by atoms with van der Waals surface area (Å²) in [5.74, 6) is -1.85. The number of hydroxylamine groups is 1. The molecule has 3 rings (SSSR count). The number of amides is 2. The summed E-state index contributed by atoms with van der Waals surface area (Å²) >= 11 is 0. The number of nitrogens with two attached hydrogens (primary N) is 1. The molecule has 0 aromatic heterocycles. The lowest BCUT2D eigenvalue weighted by Crippen LogP contribution is -2.48. The molecule has 3 aliphatic rings. The number of piperazine rings is 1. The first-order valence-corrected chi connectivity index (χ1v) is 11.4. The lowest BCUT2D eigenvalue weighted by molar-refractivity contribution is -0.129. The molecule has 0 spiro atoms. The van der Waals surface area contributed by atoms with E-state index in [-0.39, 0.29) is 36.4 Å². The molecule has 188 valence electrons. The van der Waals surface area contributed by atoms with Gasteiger partial charge in [-0.1, -0.05) is 24.3 Å². The van der Waals surface area contributed by atoms with Crippen LogP contribution in [0.4, 0.5) is 10.5 Å². The number of nitrogen functional groups attached to an aromatic ring is 1. The number of hydrogen-bond donors (Lipinski definition) is 2. The summed E-state index contributed by atoms with van der Waals surface area (Å²) < 4.78 is 10.2. The Morgan fingerprint density at radius 1 is 0.886 bits per heavy atom. The quantitative estimate of drug-likeness (QED) is 0.354. The third-order valence-electron chi connectivity index (χ3n) is 5.63. The number of likely N-dealkylation sites (N-methyl/N-ethyl adjacent to an activating group) is 1. The number of rotatable bonds is 6. The molecule has 2 aliphatic carbocycles. The molecule has 0 radical (unpaired) electrons. The zero-order valence-corrected chi connectivity index (χ0v) is 20.1. The summed E-state index contributed by atoms with van der Waals surface area (Å²) in [6.45, 7) is 6.09. The zero-order valence-electron chi connectivity index (χ0n) is 20.1. The van der Waals surface area contributed by atoms with Crippen molar-refractivity contribution >= 4 is 29.6 Å². The highest BCUT2D eigenvalue weighted by Crippen LogP contribution is 2.39. The lowest BCUT2D eigenvalue weighted by Gasteiger charge is -2.31. The molecule has 35 heavy (non-hydrogen) atoms. The number of anilines is 1. The molecule has 0 aromatic carbocycles. The van der Waals surface area contributed by atoms with Crippen LogP contribution >= 0.6 is 0 Å². The standard InChI is InChI=1S/C24H30N4O7/c1-4-33-22(30)19-16-8-6-15(7-9-17(16)20(21(19)25)23(31)34-5-2)14-18(29)26-35-24(32)28-12-10-27(3)11-13-28/h6-9H,4-5,10-14,25H2,1-3H3,(H,26,29). The number of fused-ring (bicyclic) bond motifs is 1. The largest absolute Gasteiger partial charge is 0.462 e. The minimum Gasteiger partial charge on any atom is -0.462 e. The Morgan fingerprint density at radius 2 is 1.40 bits per heavy atom. The van der Waals surface area contributed by atoms with Crippen molar-refractivity contribution in [1.82, 2.24) is 15.3 Å². The summed E-state index contributed by atoms with van der Waals surface area (Å²) in [7, 11) is 1.97. The summed E-state index contributed by atoms with van der Waals surface area (Å²) in [6.07, 6.45) is -0.718. The van der Waals surface area contributed by atoms with Crippen LogP contribution in [0.3, 0.4) is 0 Å². The van der Waals surface area contributed by atoms with Gasteiger partial charge in [-0.05, 0) is 37.6 Å². The number of esters is 2. The Morgan fingerprint density at radius 3 is 1.89 bits per heavy atom. The average molecular weight is 487 g/mol. The highest BCUT2D eigenvalue weighted by atomic mass is 16.7. The molecule has 0 unspecified atom stereocenters. The van der Waals surface area contributed by atoms with E-state index in [9.17, 15) is 19.2 Å². The first kappa shape index (κ1) is 25.8. The second-order valence-electron chi connectivity index (χ2n) is 8.03. The van der Waals surface area contributed by atoms with Gasteiger partial charge in [0.2, 0.25) is 0 Å². The molecule has 1 heterocycles. The minimum atomic E-state index is -0.660. The Bertz CT molecular complexity index is 1020. The average Bonchev–Trinajstić information content (AvgIpc) is 2.96. The predicted molar refractivity (Wildman–Crippen MR) is 127 cm³/mol. The Labute approximate surface area is 203 Å². The monoisotopic (exact) mass is 486 g/mol. The van der Waals surface area contributed by atoms with Crippen LogP contribution in [-0.2, 0) is 25.5 Å². The van der Waals surface area contributed by atoms with E-state index in [4.69, 9.17) is 20.0 Å². The van der Waals surface area contributed by atoms with Gasteiger partial charge in [-0.15, -0.1) is 0 Å². The van der Waals surface area contributed by atoms with Gasteiger partial charge in [0.25, 0.3) is 5.91 Å². The lowest BCUT2D eigenvalue weighted by atomic mass is 10.1. The van der Waals surface area contributed by atoms with Gasteiger partial charge >= 0.3 is 18.0 Å². The van der Waals surface area contributed by atoms with E-state index in [0.29, 0.717) is 29.8 Å². The molecule has 2 amide bonds. The summed E-state index contributed by atoms with van der Waals surface area (Å²) in [5.41, 5.74) is 9.80. The molecule has 0 saturated carbocycles. The van der Waals surface area contributed by atoms with E-state index < -0.39 is 23.9 Å². The van der Waals surface area contributed by atoms with Crippen LogP contribution in [0.5, 0.6) is 0 Å². The van der Waals surface area contributed by atoms with Crippen LogP contribution in [0.15, 0.2) is 24.3 Å². The molecule has 1 saturated heterocycles. The van der Waals surface area contributed by atoms with Gasteiger partial charge in [-0.3, -0.25) is 4.79 Å². The SMILES string of the molecule is CCOC(=O)c1c2ccc(CC(=O)NOC(=O)N3CCN(C)CC3)ccc-2c(C(=O)OCC)c1N. The molecule has 1 aliphatic heterocycles. The number of nitrogens with zero attached hydrogens (tertiary/aromatic N) is 2. The molecule has 1 fully saturated rings. The highest BCUT2D eigenvalue weighted by Gasteiger charge is 2.30. The van der Waals surface area contributed by atoms with Gasteiger partial charge in [-0.25, -0.2) is 14.4 Å². The number of carbonyl (C=O) groups excluding carboxylic acids is 4. The Hall–Kier alpha value is -3.86. The second kappa shape index (κ2) is 11.5. The van der Waals surface area contributed by atoms with E-state index in [0.717, 1.165) is 13.1 Å².